The zero-order valence-electron chi connectivity index (χ0n) is 10.9. The lowest BCUT2D eigenvalue weighted by molar-refractivity contribution is 0.299. The Morgan fingerprint density at radius 2 is 1.72 bits per heavy atom. The van der Waals surface area contributed by atoms with Crippen molar-refractivity contribution in [1.29, 1.82) is 0 Å². The quantitative estimate of drug-likeness (QED) is 0.793. The molecule has 0 heterocycles. The first-order valence-electron chi connectivity index (χ1n) is 6.25. The molecule has 2 N–H and O–H groups in total. The summed E-state index contributed by atoms with van der Waals surface area (Å²) >= 11 is 0. The third-order valence-corrected chi connectivity index (χ3v) is 4.48. The minimum absolute atomic E-state index is 0.0212. The van der Waals surface area contributed by atoms with Crippen molar-refractivity contribution < 1.29 is 13.5 Å². The van der Waals surface area contributed by atoms with Crippen molar-refractivity contribution in [2.45, 2.75) is 44.0 Å². The van der Waals surface area contributed by atoms with E-state index in [1.54, 1.807) is 24.3 Å². The van der Waals surface area contributed by atoms with Crippen LogP contribution >= 0.6 is 0 Å². The van der Waals surface area contributed by atoms with Crippen LogP contribution in [0.5, 0.6) is 0 Å². The van der Waals surface area contributed by atoms with Crippen molar-refractivity contribution in [3.05, 3.63) is 29.8 Å². The Balaban J connectivity index is 2.84. The molecule has 0 aromatic heterocycles. The van der Waals surface area contributed by atoms with Crippen molar-refractivity contribution in [2.75, 3.05) is 6.61 Å². The summed E-state index contributed by atoms with van der Waals surface area (Å²) in [6, 6.07) is 6.60. The number of nitrogens with one attached hydrogen (secondary N) is 1. The summed E-state index contributed by atoms with van der Waals surface area (Å²) < 4.78 is 26.8. The zero-order valence-corrected chi connectivity index (χ0v) is 11.7. The highest BCUT2D eigenvalue weighted by Gasteiger charge is 2.17. The molecule has 5 heteroatoms. The summed E-state index contributed by atoms with van der Waals surface area (Å²) in [6.45, 7) is 3.99. The highest BCUT2D eigenvalue weighted by Crippen LogP contribution is 2.12. The van der Waals surface area contributed by atoms with Crippen LogP contribution in [-0.2, 0) is 16.4 Å². The van der Waals surface area contributed by atoms with E-state index in [4.69, 9.17) is 5.11 Å². The van der Waals surface area contributed by atoms with Crippen molar-refractivity contribution in [3.8, 4) is 0 Å². The van der Waals surface area contributed by atoms with E-state index in [-0.39, 0.29) is 17.5 Å². The smallest absolute Gasteiger partial charge is 0.240 e. The summed E-state index contributed by atoms with van der Waals surface area (Å²) in [5.74, 6) is 0. The molecule has 0 amide bonds. The van der Waals surface area contributed by atoms with Gasteiger partial charge in [-0.15, -0.1) is 0 Å². The van der Waals surface area contributed by atoms with Gasteiger partial charge < -0.3 is 5.11 Å². The monoisotopic (exact) mass is 271 g/mol. The van der Waals surface area contributed by atoms with Crippen LogP contribution in [-0.4, -0.2) is 26.2 Å². The first-order valence-corrected chi connectivity index (χ1v) is 7.74. The fourth-order valence-corrected chi connectivity index (χ4v) is 3.11. The van der Waals surface area contributed by atoms with Crippen molar-refractivity contribution in [1.82, 2.24) is 4.72 Å². The number of aliphatic hydroxyl groups is 1. The highest BCUT2D eigenvalue weighted by atomic mass is 32.2. The molecule has 102 valence electrons. The molecule has 0 aliphatic carbocycles. The standard InChI is InChI=1S/C13H21NO3S/c1-3-12(4-2)14-18(16,17)13-7-5-11(6-8-13)9-10-15/h5-8,12,14-15H,3-4,9-10H2,1-2H3. The number of hydrogen-bond donors (Lipinski definition) is 2. The molecule has 0 fully saturated rings. The molecule has 0 saturated heterocycles. The number of sulfonamides is 1. The molecule has 18 heavy (non-hydrogen) atoms. The Bertz CT molecular complexity index is 450. The average molecular weight is 271 g/mol. The fourth-order valence-electron chi connectivity index (χ4n) is 1.71. The maximum atomic E-state index is 12.1. The Morgan fingerprint density at radius 3 is 2.17 bits per heavy atom. The minimum Gasteiger partial charge on any atom is -0.396 e. The van der Waals surface area contributed by atoms with Crippen LogP contribution in [0.3, 0.4) is 0 Å². The molecule has 1 aromatic carbocycles. The minimum atomic E-state index is -3.43. The molecule has 0 aliphatic rings. The van der Waals surface area contributed by atoms with E-state index >= 15 is 0 Å². The third kappa shape index (κ3) is 4.08. The zero-order chi connectivity index (χ0) is 13.6. The first kappa shape index (κ1) is 15.1. The molecule has 0 spiro atoms. The summed E-state index contributed by atoms with van der Waals surface area (Å²) in [5.41, 5.74) is 0.930. The number of aliphatic hydroxyl groups excluding tert-OH is 1. The Morgan fingerprint density at radius 1 is 1.17 bits per heavy atom. The molecule has 1 rings (SSSR count). The fraction of sp³-hybridized carbons (Fsp3) is 0.538. The second kappa shape index (κ2) is 6.87. The van der Waals surface area contributed by atoms with E-state index in [9.17, 15) is 8.42 Å². The highest BCUT2D eigenvalue weighted by molar-refractivity contribution is 7.89. The van der Waals surface area contributed by atoms with Crippen LogP contribution in [0.15, 0.2) is 29.2 Å². The SMILES string of the molecule is CCC(CC)NS(=O)(=O)c1ccc(CCO)cc1. The van der Waals surface area contributed by atoms with Gasteiger partial charge in [-0.05, 0) is 37.0 Å². The molecule has 0 bridgehead atoms. The van der Waals surface area contributed by atoms with Gasteiger partial charge in [-0.1, -0.05) is 26.0 Å². The van der Waals surface area contributed by atoms with Crippen molar-refractivity contribution in [3.63, 3.8) is 0 Å². The second-order valence-corrected chi connectivity index (χ2v) is 5.97. The molecule has 0 radical (unpaired) electrons. The molecule has 0 unspecified atom stereocenters. The molecule has 1 aromatic rings. The topological polar surface area (TPSA) is 66.4 Å². The lowest BCUT2D eigenvalue weighted by atomic mass is 10.2. The van der Waals surface area contributed by atoms with Crippen LogP contribution in [0.2, 0.25) is 0 Å². The van der Waals surface area contributed by atoms with Crippen LogP contribution < -0.4 is 4.72 Å². The number of hydrogen-bond acceptors (Lipinski definition) is 3. The summed E-state index contributed by atoms with van der Waals surface area (Å²) in [4.78, 5) is 0.274. The third-order valence-electron chi connectivity index (χ3n) is 2.94. The van der Waals surface area contributed by atoms with Crippen LogP contribution in [0.4, 0.5) is 0 Å². The Kier molecular flexibility index (Phi) is 5.78. The van der Waals surface area contributed by atoms with Crippen LogP contribution in [0.25, 0.3) is 0 Å². The van der Waals surface area contributed by atoms with Gasteiger partial charge >= 0.3 is 0 Å². The average Bonchev–Trinajstić information content (AvgIpc) is 2.37. The molecule has 0 aliphatic heterocycles. The van der Waals surface area contributed by atoms with Gasteiger partial charge in [0.25, 0.3) is 0 Å². The molecular weight excluding hydrogens is 250 g/mol. The van der Waals surface area contributed by atoms with Crippen LogP contribution in [0, 0.1) is 0 Å². The summed E-state index contributed by atoms with van der Waals surface area (Å²) in [5, 5.41) is 8.80. The van der Waals surface area contributed by atoms with Gasteiger partial charge in [0.05, 0.1) is 4.90 Å². The molecular formula is C13H21NO3S. The molecule has 0 saturated carbocycles. The predicted octanol–water partition coefficient (Wildman–Crippen LogP) is 1.69. The van der Waals surface area contributed by atoms with Gasteiger partial charge in [-0.3, -0.25) is 0 Å². The van der Waals surface area contributed by atoms with E-state index in [1.165, 1.54) is 0 Å². The largest absolute Gasteiger partial charge is 0.396 e. The van der Waals surface area contributed by atoms with Gasteiger partial charge in [0, 0.05) is 12.6 Å². The van der Waals surface area contributed by atoms with E-state index in [2.05, 4.69) is 4.72 Å². The van der Waals surface area contributed by atoms with E-state index < -0.39 is 10.0 Å². The van der Waals surface area contributed by atoms with Gasteiger partial charge in [0.1, 0.15) is 0 Å². The van der Waals surface area contributed by atoms with E-state index in [0.717, 1.165) is 18.4 Å². The number of rotatable bonds is 7. The normalized spacial score (nSPS) is 12.0. The van der Waals surface area contributed by atoms with Gasteiger partial charge in [-0.2, -0.15) is 0 Å². The first-order chi connectivity index (χ1) is 8.53. The van der Waals surface area contributed by atoms with E-state index in [0.29, 0.717) is 6.42 Å². The van der Waals surface area contributed by atoms with Gasteiger partial charge in [0.2, 0.25) is 10.0 Å². The predicted molar refractivity (Wildman–Crippen MR) is 71.9 cm³/mol. The molecule has 0 atom stereocenters. The maximum Gasteiger partial charge on any atom is 0.240 e. The Labute approximate surface area is 109 Å². The lowest BCUT2D eigenvalue weighted by Gasteiger charge is -2.15. The lowest BCUT2D eigenvalue weighted by Crippen LogP contribution is -2.33. The van der Waals surface area contributed by atoms with Gasteiger partial charge in [0.15, 0.2) is 0 Å². The summed E-state index contributed by atoms with van der Waals surface area (Å²) in [6.07, 6.45) is 2.09. The van der Waals surface area contributed by atoms with Gasteiger partial charge in [-0.25, -0.2) is 13.1 Å². The van der Waals surface area contributed by atoms with Crippen molar-refractivity contribution in [2.24, 2.45) is 0 Å². The molecule has 4 nitrogen and oxygen atoms in total. The van der Waals surface area contributed by atoms with Crippen LogP contribution in [0.1, 0.15) is 32.3 Å². The maximum absolute atomic E-state index is 12.1. The number of benzene rings is 1. The van der Waals surface area contributed by atoms with Crippen molar-refractivity contribution >= 4 is 10.0 Å². The Hall–Kier alpha value is -0.910. The van der Waals surface area contributed by atoms with E-state index in [1.807, 2.05) is 13.8 Å². The summed E-state index contributed by atoms with van der Waals surface area (Å²) in [7, 11) is -3.43. The second-order valence-electron chi connectivity index (χ2n) is 4.25.